The molecule has 0 spiro atoms. The average molecular weight is 450 g/mol. The zero-order valence-corrected chi connectivity index (χ0v) is 18.7. The van der Waals surface area contributed by atoms with Gasteiger partial charge in [0.1, 0.15) is 17.3 Å². The third-order valence-electron chi connectivity index (χ3n) is 5.47. The molecule has 0 saturated heterocycles. The van der Waals surface area contributed by atoms with Gasteiger partial charge in [0.2, 0.25) is 11.8 Å². The lowest BCUT2D eigenvalue weighted by Gasteiger charge is -2.24. The number of hydrogen-bond donors (Lipinski definition) is 2. The van der Waals surface area contributed by atoms with Crippen LogP contribution in [-0.2, 0) is 22.4 Å². The molecule has 32 heavy (non-hydrogen) atoms. The van der Waals surface area contributed by atoms with E-state index in [4.69, 9.17) is 16.3 Å². The van der Waals surface area contributed by atoms with Gasteiger partial charge in [-0.15, -0.1) is 0 Å². The second-order valence-corrected chi connectivity index (χ2v) is 8.39. The molecule has 1 aliphatic rings. The van der Waals surface area contributed by atoms with Crippen LogP contribution >= 0.6 is 11.6 Å². The van der Waals surface area contributed by atoms with Crippen molar-refractivity contribution in [1.82, 2.24) is 4.98 Å². The number of carbonyl (C=O) groups excluding carboxylic acids is 2. The van der Waals surface area contributed by atoms with Gasteiger partial charge in [0.15, 0.2) is 0 Å². The molecule has 0 bridgehead atoms. The third-order valence-corrected chi connectivity index (χ3v) is 5.90. The van der Waals surface area contributed by atoms with Crippen molar-refractivity contribution >= 4 is 34.9 Å². The molecule has 1 heterocycles. The van der Waals surface area contributed by atoms with Gasteiger partial charge in [-0.05, 0) is 79.3 Å². The fraction of sp³-hybridized carbons (Fsp3) is 0.240. The molecule has 1 unspecified atom stereocenters. The predicted molar refractivity (Wildman–Crippen MR) is 125 cm³/mol. The molecule has 1 atom stereocenters. The van der Waals surface area contributed by atoms with E-state index in [9.17, 15) is 9.59 Å². The van der Waals surface area contributed by atoms with Crippen LogP contribution in [0.4, 0.5) is 11.5 Å². The van der Waals surface area contributed by atoms with E-state index in [0.717, 1.165) is 29.7 Å². The number of halogens is 1. The van der Waals surface area contributed by atoms with Gasteiger partial charge in [-0.25, -0.2) is 4.98 Å². The van der Waals surface area contributed by atoms with Crippen molar-refractivity contribution in [3.8, 4) is 11.5 Å². The normalized spacial score (nSPS) is 14.9. The SMILES string of the molecule is CC(=O)Nc1cc(Oc2ccc3c(c2)CC(C(=O)Nc2ccc(Cl)c(C)c2)CC3)ccn1. The molecule has 2 N–H and O–H groups in total. The summed E-state index contributed by atoms with van der Waals surface area (Å²) in [5.41, 5.74) is 4.03. The summed E-state index contributed by atoms with van der Waals surface area (Å²) < 4.78 is 5.98. The van der Waals surface area contributed by atoms with Crippen molar-refractivity contribution in [3.63, 3.8) is 0 Å². The Morgan fingerprint density at radius 1 is 1.03 bits per heavy atom. The summed E-state index contributed by atoms with van der Waals surface area (Å²) in [5, 5.41) is 6.34. The Labute approximate surface area is 192 Å². The Balaban J connectivity index is 1.45. The van der Waals surface area contributed by atoms with E-state index in [1.165, 1.54) is 12.5 Å². The molecule has 0 saturated carbocycles. The van der Waals surface area contributed by atoms with Crippen LogP contribution in [-0.4, -0.2) is 16.8 Å². The van der Waals surface area contributed by atoms with E-state index in [0.29, 0.717) is 28.8 Å². The van der Waals surface area contributed by atoms with E-state index >= 15 is 0 Å². The minimum Gasteiger partial charge on any atom is -0.457 e. The minimum atomic E-state index is -0.193. The summed E-state index contributed by atoms with van der Waals surface area (Å²) in [6.07, 6.45) is 3.88. The van der Waals surface area contributed by atoms with Crippen LogP contribution in [0, 0.1) is 12.8 Å². The van der Waals surface area contributed by atoms with Gasteiger partial charge in [0.25, 0.3) is 0 Å². The number of nitrogens with zero attached hydrogens (tertiary/aromatic N) is 1. The molecule has 0 aliphatic heterocycles. The molecule has 3 aromatic rings. The highest BCUT2D eigenvalue weighted by Crippen LogP contribution is 2.32. The van der Waals surface area contributed by atoms with Gasteiger partial charge in [0.05, 0.1) is 0 Å². The lowest BCUT2D eigenvalue weighted by atomic mass is 9.83. The quantitative estimate of drug-likeness (QED) is 0.536. The molecular weight excluding hydrogens is 426 g/mol. The number of hydrogen-bond acceptors (Lipinski definition) is 4. The Morgan fingerprint density at radius 3 is 2.62 bits per heavy atom. The first kappa shape index (κ1) is 21.8. The molecule has 2 aromatic carbocycles. The molecule has 1 aliphatic carbocycles. The number of amides is 2. The van der Waals surface area contributed by atoms with Gasteiger partial charge in [-0.1, -0.05) is 17.7 Å². The maximum Gasteiger partial charge on any atom is 0.227 e. The monoisotopic (exact) mass is 449 g/mol. The van der Waals surface area contributed by atoms with Crippen LogP contribution in [0.3, 0.4) is 0 Å². The van der Waals surface area contributed by atoms with Gasteiger partial charge < -0.3 is 15.4 Å². The average Bonchev–Trinajstić information content (AvgIpc) is 2.75. The van der Waals surface area contributed by atoms with Crippen molar-refractivity contribution in [2.24, 2.45) is 5.92 Å². The Morgan fingerprint density at radius 2 is 1.84 bits per heavy atom. The highest BCUT2D eigenvalue weighted by Gasteiger charge is 2.25. The molecule has 6 nitrogen and oxygen atoms in total. The first-order valence-corrected chi connectivity index (χ1v) is 10.9. The number of aromatic nitrogens is 1. The molecule has 0 fully saturated rings. The topological polar surface area (TPSA) is 80.3 Å². The number of fused-ring (bicyclic) bond motifs is 1. The van der Waals surface area contributed by atoms with Crippen LogP contribution in [0.2, 0.25) is 5.02 Å². The molecule has 1 aromatic heterocycles. The lowest BCUT2D eigenvalue weighted by Crippen LogP contribution is -2.28. The fourth-order valence-electron chi connectivity index (χ4n) is 3.85. The van der Waals surface area contributed by atoms with Crippen LogP contribution < -0.4 is 15.4 Å². The summed E-state index contributed by atoms with van der Waals surface area (Å²) in [4.78, 5) is 28.2. The molecule has 4 rings (SSSR count). The van der Waals surface area contributed by atoms with Crippen LogP contribution in [0.15, 0.2) is 54.7 Å². The second-order valence-electron chi connectivity index (χ2n) is 7.98. The summed E-state index contributed by atoms with van der Waals surface area (Å²) in [7, 11) is 0. The lowest BCUT2D eigenvalue weighted by molar-refractivity contribution is -0.120. The zero-order chi connectivity index (χ0) is 22.7. The standard InChI is InChI=1S/C25H24ClN3O3/c1-15-11-20(6-8-23(15)26)29-25(31)18-4-3-17-5-7-21(13-19(17)12-18)32-22-9-10-27-24(14-22)28-16(2)30/h5-11,13-14,18H,3-4,12H2,1-2H3,(H,29,31)(H,27,28,30). The third kappa shape index (κ3) is 5.26. The van der Waals surface area contributed by atoms with Crippen molar-refractivity contribution in [1.29, 1.82) is 0 Å². The Bertz CT molecular complexity index is 1180. The highest BCUT2D eigenvalue weighted by atomic mass is 35.5. The first-order valence-electron chi connectivity index (χ1n) is 10.5. The van der Waals surface area contributed by atoms with Crippen LogP contribution in [0.1, 0.15) is 30.0 Å². The number of pyridine rings is 1. The predicted octanol–water partition coefficient (Wildman–Crippen LogP) is 5.54. The maximum absolute atomic E-state index is 12.9. The number of rotatable bonds is 5. The number of nitrogens with one attached hydrogen (secondary N) is 2. The highest BCUT2D eigenvalue weighted by molar-refractivity contribution is 6.31. The van der Waals surface area contributed by atoms with Crippen molar-refractivity contribution in [3.05, 3.63) is 76.4 Å². The molecule has 2 amide bonds. The van der Waals surface area contributed by atoms with Gasteiger partial charge in [0, 0.05) is 35.8 Å². The zero-order valence-electron chi connectivity index (χ0n) is 17.9. The first-order chi connectivity index (χ1) is 15.4. The van der Waals surface area contributed by atoms with E-state index in [1.807, 2.05) is 31.2 Å². The maximum atomic E-state index is 12.9. The molecular formula is C25H24ClN3O3. The smallest absolute Gasteiger partial charge is 0.227 e. The van der Waals surface area contributed by atoms with E-state index in [-0.39, 0.29) is 17.7 Å². The van der Waals surface area contributed by atoms with Crippen LogP contribution in [0.25, 0.3) is 0 Å². The van der Waals surface area contributed by atoms with Gasteiger partial charge in [-0.2, -0.15) is 0 Å². The number of ether oxygens (including phenoxy) is 1. The number of anilines is 2. The second kappa shape index (κ2) is 9.40. The van der Waals surface area contributed by atoms with Crippen LogP contribution in [0.5, 0.6) is 11.5 Å². The van der Waals surface area contributed by atoms with Gasteiger partial charge >= 0.3 is 0 Å². The molecule has 7 heteroatoms. The largest absolute Gasteiger partial charge is 0.457 e. The van der Waals surface area contributed by atoms with Crippen molar-refractivity contribution < 1.29 is 14.3 Å². The van der Waals surface area contributed by atoms with Gasteiger partial charge in [-0.3, -0.25) is 9.59 Å². The van der Waals surface area contributed by atoms with E-state index < -0.39 is 0 Å². The number of benzene rings is 2. The Hall–Kier alpha value is -3.38. The summed E-state index contributed by atoms with van der Waals surface area (Å²) in [5.74, 6) is 1.40. The fourth-order valence-corrected chi connectivity index (χ4v) is 3.96. The number of aryl methyl sites for hydroxylation is 2. The summed E-state index contributed by atoms with van der Waals surface area (Å²) >= 11 is 6.08. The van der Waals surface area contributed by atoms with Crippen molar-refractivity contribution in [2.45, 2.75) is 33.1 Å². The molecule has 164 valence electrons. The minimum absolute atomic E-state index is 0.0118. The Kier molecular flexibility index (Phi) is 6.42. The summed E-state index contributed by atoms with van der Waals surface area (Å²) in [6.45, 7) is 3.34. The number of carbonyl (C=O) groups is 2. The molecule has 0 radical (unpaired) electrons. The summed E-state index contributed by atoms with van der Waals surface area (Å²) in [6, 6.07) is 14.9. The van der Waals surface area contributed by atoms with E-state index in [1.54, 1.807) is 24.4 Å². The van der Waals surface area contributed by atoms with Crippen molar-refractivity contribution in [2.75, 3.05) is 10.6 Å². The van der Waals surface area contributed by atoms with E-state index in [2.05, 4.69) is 21.7 Å².